The molecule has 2 heterocycles. The minimum Gasteiger partial charge on any atom is -0.497 e. The Bertz CT molecular complexity index is 1090. The molecule has 0 spiro atoms. The third-order valence-corrected chi connectivity index (χ3v) is 6.35. The third-order valence-electron chi connectivity index (χ3n) is 4.27. The molecule has 4 rings (SSSR count). The van der Waals surface area contributed by atoms with Gasteiger partial charge in [0, 0.05) is 16.2 Å². The molecule has 0 N–H and O–H groups in total. The maximum Gasteiger partial charge on any atom is 0.128 e. The number of ether oxygens (including phenoxy) is 1. The van der Waals surface area contributed by atoms with Crippen LogP contribution in [0.2, 0.25) is 0 Å². The highest BCUT2D eigenvalue weighted by molar-refractivity contribution is 7.98. The molecular formula is C21H17FN2OS2. The minimum absolute atomic E-state index is 0.216. The van der Waals surface area contributed by atoms with E-state index in [1.807, 2.05) is 18.2 Å². The number of thioether (sulfide) groups is 1. The van der Waals surface area contributed by atoms with Crippen molar-refractivity contribution in [2.45, 2.75) is 17.7 Å². The fourth-order valence-corrected chi connectivity index (χ4v) is 5.04. The number of hydrogen-bond acceptors (Lipinski definition) is 5. The van der Waals surface area contributed by atoms with Crippen molar-refractivity contribution in [1.29, 1.82) is 0 Å². The van der Waals surface area contributed by atoms with Crippen molar-refractivity contribution < 1.29 is 9.13 Å². The third kappa shape index (κ3) is 3.68. The average molecular weight is 397 g/mol. The van der Waals surface area contributed by atoms with Gasteiger partial charge >= 0.3 is 0 Å². The molecule has 0 atom stereocenters. The van der Waals surface area contributed by atoms with E-state index in [1.165, 1.54) is 10.9 Å². The van der Waals surface area contributed by atoms with Gasteiger partial charge in [0.15, 0.2) is 0 Å². The topological polar surface area (TPSA) is 35.0 Å². The molecule has 2 aromatic heterocycles. The van der Waals surface area contributed by atoms with E-state index in [9.17, 15) is 4.39 Å². The van der Waals surface area contributed by atoms with E-state index >= 15 is 0 Å². The highest BCUT2D eigenvalue weighted by Gasteiger charge is 2.17. The van der Waals surface area contributed by atoms with Gasteiger partial charge in [-0.15, -0.1) is 23.1 Å². The first-order valence-electron chi connectivity index (χ1n) is 8.41. The molecule has 6 heteroatoms. The maximum absolute atomic E-state index is 13.5. The second-order valence-electron chi connectivity index (χ2n) is 6.04. The zero-order chi connectivity index (χ0) is 18.8. The SMILES string of the molecule is COc1ccc(-c2c(C)sc3ncnc(SCc4cccc(F)c4)c23)cc1. The minimum atomic E-state index is -0.216. The molecule has 4 aromatic rings. The van der Waals surface area contributed by atoms with E-state index in [0.717, 1.165) is 37.7 Å². The van der Waals surface area contributed by atoms with Crippen LogP contribution in [0.5, 0.6) is 5.75 Å². The Morgan fingerprint density at radius 2 is 1.93 bits per heavy atom. The predicted molar refractivity (Wildman–Crippen MR) is 110 cm³/mol. The van der Waals surface area contributed by atoms with E-state index in [2.05, 4.69) is 29.0 Å². The van der Waals surface area contributed by atoms with Gasteiger partial charge in [0.05, 0.1) is 12.5 Å². The Kier molecular flexibility index (Phi) is 5.09. The number of benzene rings is 2. The first-order chi connectivity index (χ1) is 13.2. The first-order valence-corrected chi connectivity index (χ1v) is 10.2. The standard InChI is InChI=1S/C21H17FN2OS2/c1-13-18(15-6-8-17(25-2)9-7-15)19-20(23-12-24-21(19)27-13)26-11-14-4-3-5-16(22)10-14/h3-10,12H,11H2,1-2H3. The molecule has 0 saturated carbocycles. The summed E-state index contributed by atoms with van der Waals surface area (Å²) in [6, 6.07) is 14.7. The van der Waals surface area contributed by atoms with Crippen molar-refractivity contribution in [3.05, 3.63) is 71.1 Å². The molecule has 0 unspecified atom stereocenters. The normalized spacial score (nSPS) is 11.1. The lowest BCUT2D eigenvalue weighted by Gasteiger charge is -2.07. The molecule has 2 aromatic carbocycles. The number of hydrogen-bond donors (Lipinski definition) is 0. The Hall–Kier alpha value is -2.44. The van der Waals surface area contributed by atoms with Gasteiger partial charge in [-0.05, 0) is 42.3 Å². The summed E-state index contributed by atoms with van der Waals surface area (Å²) < 4.78 is 18.7. The summed E-state index contributed by atoms with van der Waals surface area (Å²) in [4.78, 5) is 11.1. The molecule has 136 valence electrons. The highest BCUT2D eigenvalue weighted by atomic mass is 32.2. The molecule has 0 radical (unpaired) electrons. The van der Waals surface area contributed by atoms with E-state index in [1.54, 1.807) is 48.7 Å². The summed E-state index contributed by atoms with van der Waals surface area (Å²) in [5, 5.41) is 1.98. The zero-order valence-electron chi connectivity index (χ0n) is 14.9. The number of nitrogens with zero attached hydrogens (tertiary/aromatic N) is 2. The van der Waals surface area contributed by atoms with Crippen molar-refractivity contribution >= 4 is 33.3 Å². The number of fused-ring (bicyclic) bond motifs is 1. The quantitative estimate of drug-likeness (QED) is 0.301. The van der Waals surface area contributed by atoms with Crippen molar-refractivity contribution in [2.75, 3.05) is 7.11 Å². The summed E-state index contributed by atoms with van der Waals surface area (Å²) in [5.74, 6) is 1.26. The predicted octanol–water partition coefficient (Wildman–Crippen LogP) is 6.11. The summed E-state index contributed by atoms with van der Waals surface area (Å²) in [5.41, 5.74) is 3.20. The lowest BCUT2D eigenvalue weighted by Crippen LogP contribution is -1.89. The maximum atomic E-state index is 13.5. The number of aryl methyl sites for hydroxylation is 1. The number of halogens is 1. The van der Waals surface area contributed by atoms with Crippen LogP contribution in [0.15, 0.2) is 59.9 Å². The number of thiophene rings is 1. The highest BCUT2D eigenvalue weighted by Crippen LogP contribution is 2.42. The molecular weight excluding hydrogens is 379 g/mol. The monoisotopic (exact) mass is 396 g/mol. The van der Waals surface area contributed by atoms with Gasteiger partial charge in [0.25, 0.3) is 0 Å². The Morgan fingerprint density at radius 1 is 1.11 bits per heavy atom. The lowest BCUT2D eigenvalue weighted by atomic mass is 10.0. The Balaban J connectivity index is 1.75. The van der Waals surface area contributed by atoms with Gasteiger partial charge in [-0.2, -0.15) is 0 Å². The Morgan fingerprint density at radius 3 is 2.67 bits per heavy atom. The van der Waals surface area contributed by atoms with Crippen LogP contribution in [0, 0.1) is 12.7 Å². The van der Waals surface area contributed by atoms with Crippen LogP contribution in [0.3, 0.4) is 0 Å². The Labute approximate surface area is 165 Å². The van der Waals surface area contributed by atoms with Crippen LogP contribution >= 0.6 is 23.1 Å². The van der Waals surface area contributed by atoms with Gasteiger partial charge < -0.3 is 4.74 Å². The van der Waals surface area contributed by atoms with Crippen molar-refractivity contribution in [3.63, 3.8) is 0 Å². The number of aromatic nitrogens is 2. The van der Waals surface area contributed by atoms with Crippen molar-refractivity contribution in [1.82, 2.24) is 9.97 Å². The summed E-state index contributed by atoms with van der Waals surface area (Å²) >= 11 is 3.27. The van der Waals surface area contributed by atoms with Crippen molar-refractivity contribution in [3.8, 4) is 16.9 Å². The molecule has 3 nitrogen and oxygen atoms in total. The van der Waals surface area contributed by atoms with Crippen LogP contribution in [-0.2, 0) is 5.75 Å². The summed E-state index contributed by atoms with van der Waals surface area (Å²) in [6.45, 7) is 2.10. The summed E-state index contributed by atoms with van der Waals surface area (Å²) in [7, 11) is 1.66. The molecule has 0 bridgehead atoms. The lowest BCUT2D eigenvalue weighted by molar-refractivity contribution is 0.415. The second-order valence-corrected chi connectivity index (χ2v) is 8.21. The van der Waals surface area contributed by atoms with Gasteiger partial charge in [-0.25, -0.2) is 14.4 Å². The van der Waals surface area contributed by atoms with Crippen LogP contribution in [0.25, 0.3) is 21.3 Å². The summed E-state index contributed by atoms with van der Waals surface area (Å²) in [6.07, 6.45) is 1.60. The van der Waals surface area contributed by atoms with E-state index in [4.69, 9.17) is 4.74 Å². The smallest absolute Gasteiger partial charge is 0.128 e. The van der Waals surface area contributed by atoms with Crippen LogP contribution in [0.1, 0.15) is 10.4 Å². The van der Waals surface area contributed by atoms with Crippen LogP contribution in [-0.4, -0.2) is 17.1 Å². The van der Waals surface area contributed by atoms with Gasteiger partial charge in [0.2, 0.25) is 0 Å². The molecule has 0 aliphatic heterocycles. The molecule has 0 aliphatic rings. The van der Waals surface area contributed by atoms with Crippen LogP contribution in [0.4, 0.5) is 4.39 Å². The fourth-order valence-electron chi connectivity index (χ4n) is 3.01. The van der Waals surface area contributed by atoms with E-state index in [-0.39, 0.29) is 5.82 Å². The fraction of sp³-hybridized carbons (Fsp3) is 0.143. The van der Waals surface area contributed by atoms with Crippen LogP contribution < -0.4 is 4.74 Å². The molecule has 0 aliphatic carbocycles. The first kappa shape index (κ1) is 17.9. The van der Waals surface area contributed by atoms with Gasteiger partial charge in [-0.1, -0.05) is 24.3 Å². The zero-order valence-corrected chi connectivity index (χ0v) is 16.5. The van der Waals surface area contributed by atoms with Crippen molar-refractivity contribution in [2.24, 2.45) is 0 Å². The average Bonchev–Trinajstić information content (AvgIpc) is 3.03. The molecule has 0 amide bonds. The number of methoxy groups -OCH3 is 1. The molecule has 0 fully saturated rings. The largest absolute Gasteiger partial charge is 0.497 e. The van der Waals surface area contributed by atoms with E-state index < -0.39 is 0 Å². The van der Waals surface area contributed by atoms with Gasteiger partial charge in [-0.3, -0.25) is 0 Å². The molecule has 0 saturated heterocycles. The number of rotatable bonds is 5. The second kappa shape index (κ2) is 7.66. The van der Waals surface area contributed by atoms with Gasteiger partial charge in [0.1, 0.15) is 27.8 Å². The molecule has 27 heavy (non-hydrogen) atoms. The van der Waals surface area contributed by atoms with E-state index in [0.29, 0.717) is 5.75 Å².